The molecule has 0 aliphatic heterocycles. The van der Waals surface area contributed by atoms with Crippen LogP contribution in [0.25, 0.3) is 0 Å². The van der Waals surface area contributed by atoms with Crippen molar-refractivity contribution >= 4 is 16.2 Å². The molecule has 0 radical (unpaired) electrons. The molecule has 0 heterocycles. The van der Waals surface area contributed by atoms with Crippen LogP contribution in [0.5, 0.6) is 0 Å². The summed E-state index contributed by atoms with van der Waals surface area (Å²) in [4.78, 5) is 11.1. The Labute approximate surface area is 128 Å². The number of benzene rings is 1. The Balaban J connectivity index is 0.00000289. The molecule has 0 bridgehead atoms. The van der Waals surface area contributed by atoms with E-state index in [9.17, 15) is 17.8 Å². The van der Waals surface area contributed by atoms with Crippen molar-refractivity contribution in [3.8, 4) is 0 Å². The molecule has 18 heavy (non-hydrogen) atoms. The minimum Gasteiger partial charge on any atom is -0.748 e. The van der Waals surface area contributed by atoms with Crippen molar-refractivity contribution < 1.29 is 52.1 Å². The van der Waals surface area contributed by atoms with Crippen LogP contribution in [0.1, 0.15) is 5.56 Å². The molecule has 0 unspecified atom stereocenters. The number of hydrogen-bond acceptors (Lipinski definition) is 5. The predicted octanol–water partition coefficient (Wildman–Crippen LogP) is -2.54. The van der Waals surface area contributed by atoms with E-state index in [0.29, 0.717) is 0 Å². The number of carbonyl (C=O) groups excluding carboxylic acids is 1. The fourth-order valence-electron chi connectivity index (χ4n) is 1.05. The van der Waals surface area contributed by atoms with Crippen LogP contribution in [0.3, 0.4) is 0 Å². The Bertz CT molecular complexity index is 462. The van der Waals surface area contributed by atoms with E-state index in [1.807, 2.05) is 6.07 Å². The van der Waals surface area contributed by atoms with Gasteiger partial charge in [-0.3, -0.25) is 0 Å². The van der Waals surface area contributed by atoms with Crippen LogP contribution in [0.15, 0.2) is 30.3 Å². The van der Waals surface area contributed by atoms with E-state index in [1.54, 1.807) is 24.3 Å². The normalized spacial score (nSPS) is 10.3. The van der Waals surface area contributed by atoms with E-state index in [-0.39, 0.29) is 42.7 Å². The molecule has 1 N–H and O–H groups in total. The van der Waals surface area contributed by atoms with Crippen LogP contribution in [0, 0.1) is 0 Å². The van der Waals surface area contributed by atoms with Gasteiger partial charge in [0, 0.05) is 6.54 Å². The molecule has 6 nitrogen and oxygen atoms in total. The minimum absolute atomic E-state index is 0. The zero-order valence-electron chi connectivity index (χ0n) is 9.96. The van der Waals surface area contributed by atoms with Crippen molar-refractivity contribution in [3.05, 3.63) is 35.9 Å². The Hall–Kier alpha value is -0.600. The molecule has 1 rings (SSSR count). The van der Waals surface area contributed by atoms with Crippen LogP contribution >= 0.6 is 0 Å². The van der Waals surface area contributed by atoms with E-state index < -0.39 is 22.0 Å². The zero-order valence-corrected chi connectivity index (χ0v) is 12.8. The predicted molar refractivity (Wildman–Crippen MR) is 59.2 cm³/mol. The molecule has 94 valence electrons. The summed E-state index contributed by atoms with van der Waals surface area (Å²) in [6.45, 7) is -0.156. The third-order valence-corrected chi connectivity index (χ3v) is 2.54. The topological polar surface area (TPSA) is 95.5 Å². The third-order valence-electron chi connectivity index (χ3n) is 1.83. The second-order valence-corrected chi connectivity index (χ2v) is 4.77. The summed E-state index contributed by atoms with van der Waals surface area (Å²) >= 11 is 0. The number of rotatable bonds is 5. The molecule has 0 saturated heterocycles. The molecular weight excluding hydrogens is 269 g/mol. The molecule has 0 aliphatic rings. The summed E-state index contributed by atoms with van der Waals surface area (Å²) in [7, 11) is -4.31. The molecule has 0 saturated carbocycles. The molecule has 1 aromatic rings. The number of amides is 1. The van der Waals surface area contributed by atoms with Gasteiger partial charge in [0.25, 0.3) is 0 Å². The van der Waals surface area contributed by atoms with E-state index in [0.717, 1.165) is 5.56 Å². The summed E-state index contributed by atoms with van der Waals surface area (Å²) in [5.74, 6) is -0.645. The first kappa shape index (κ1) is 17.4. The fourth-order valence-corrected chi connectivity index (χ4v) is 1.40. The average Bonchev–Trinajstić information content (AvgIpc) is 2.26. The second kappa shape index (κ2) is 8.49. The van der Waals surface area contributed by atoms with E-state index in [2.05, 4.69) is 5.32 Å². The second-order valence-electron chi connectivity index (χ2n) is 3.25. The first-order valence-electron chi connectivity index (χ1n) is 4.85. The van der Waals surface area contributed by atoms with Crippen molar-refractivity contribution in [2.45, 2.75) is 6.61 Å². The molecule has 0 atom stereocenters. The fraction of sp³-hybridized carbons (Fsp3) is 0.300. The van der Waals surface area contributed by atoms with Crippen LogP contribution in [0.2, 0.25) is 0 Å². The maximum Gasteiger partial charge on any atom is 1.00 e. The molecule has 1 aromatic carbocycles. The Morgan fingerprint density at radius 2 is 1.89 bits per heavy atom. The third kappa shape index (κ3) is 8.48. The Kier molecular flexibility index (Phi) is 8.21. The largest absolute Gasteiger partial charge is 1.00 e. The molecule has 0 fully saturated rings. The first-order valence-corrected chi connectivity index (χ1v) is 6.43. The number of nitrogens with one attached hydrogen (secondary N) is 1. The van der Waals surface area contributed by atoms with Crippen molar-refractivity contribution in [2.24, 2.45) is 0 Å². The van der Waals surface area contributed by atoms with Crippen molar-refractivity contribution in [1.82, 2.24) is 5.32 Å². The van der Waals surface area contributed by atoms with Crippen LogP contribution in [-0.4, -0.2) is 31.4 Å². The smallest absolute Gasteiger partial charge is 0.748 e. The molecule has 0 spiro atoms. The van der Waals surface area contributed by atoms with Crippen molar-refractivity contribution in [3.63, 3.8) is 0 Å². The molecule has 0 aromatic heterocycles. The van der Waals surface area contributed by atoms with E-state index >= 15 is 0 Å². The van der Waals surface area contributed by atoms with Gasteiger partial charge in [-0.15, -0.1) is 0 Å². The van der Waals surface area contributed by atoms with Crippen LogP contribution < -0.4 is 34.9 Å². The molecular formula is C10H12NNaO5S. The Morgan fingerprint density at radius 3 is 2.44 bits per heavy atom. The summed E-state index contributed by atoms with van der Waals surface area (Å²) in [6.07, 6.45) is -0.752. The average molecular weight is 281 g/mol. The van der Waals surface area contributed by atoms with Crippen molar-refractivity contribution in [1.29, 1.82) is 0 Å². The molecule has 8 heteroatoms. The van der Waals surface area contributed by atoms with E-state index in [4.69, 9.17) is 4.74 Å². The van der Waals surface area contributed by atoms with Crippen molar-refractivity contribution in [2.75, 3.05) is 12.3 Å². The minimum atomic E-state index is -4.31. The van der Waals surface area contributed by atoms with Gasteiger partial charge in [0.15, 0.2) is 0 Å². The SMILES string of the molecule is O=C(NCCS(=O)(=O)[O-])OCc1ccccc1.[Na+]. The number of hydrogen-bond donors (Lipinski definition) is 1. The summed E-state index contributed by atoms with van der Waals surface area (Å²) in [5, 5.41) is 2.17. The van der Waals surface area contributed by atoms with Crippen LogP contribution in [-0.2, 0) is 21.5 Å². The van der Waals surface area contributed by atoms with Gasteiger partial charge < -0.3 is 14.6 Å². The van der Waals surface area contributed by atoms with Gasteiger partial charge in [-0.2, -0.15) is 0 Å². The van der Waals surface area contributed by atoms with Gasteiger partial charge >= 0.3 is 35.7 Å². The van der Waals surface area contributed by atoms with E-state index in [1.165, 1.54) is 0 Å². The quantitative estimate of drug-likeness (QED) is 0.474. The van der Waals surface area contributed by atoms with Gasteiger partial charge in [-0.1, -0.05) is 30.3 Å². The van der Waals surface area contributed by atoms with Gasteiger partial charge in [0.2, 0.25) is 0 Å². The Morgan fingerprint density at radius 1 is 1.28 bits per heavy atom. The number of carbonyl (C=O) groups is 1. The number of ether oxygens (including phenoxy) is 1. The van der Waals surface area contributed by atoms with Gasteiger partial charge in [0.05, 0.1) is 15.9 Å². The molecule has 1 amide bonds. The maximum atomic E-state index is 11.1. The van der Waals surface area contributed by atoms with Gasteiger partial charge in [-0.25, -0.2) is 13.2 Å². The maximum absolute atomic E-state index is 11.1. The van der Waals surface area contributed by atoms with Gasteiger partial charge in [-0.05, 0) is 5.56 Å². The summed E-state index contributed by atoms with van der Waals surface area (Å²) in [6, 6.07) is 9.02. The summed E-state index contributed by atoms with van der Waals surface area (Å²) < 4.78 is 35.5. The zero-order chi connectivity index (χ0) is 12.7. The monoisotopic (exact) mass is 281 g/mol. The standard InChI is InChI=1S/C10H13NO5S.Na/c12-10(11-6-7-17(13,14)15)16-8-9-4-2-1-3-5-9;/h1-5H,6-8H2,(H,11,12)(H,13,14,15);/q;+1/p-1. The van der Waals surface area contributed by atoms with Gasteiger partial charge in [0.1, 0.15) is 6.61 Å². The summed E-state index contributed by atoms with van der Waals surface area (Å²) in [5.41, 5.74) is 0.819. The first-order chi connectivity index (χ1) is 7.97. The number of alkyl carbamates (subject to hydrolysis) is 1. The van der Waals surface area contributed by atoms with Crippen LogP contribution in [0.4, 0.5) is 4.79 Å². The molecule has 0 aliphatic carbocycles.